The van der Waals surface area contributed by atoms with Gasteiger partial charge in [0.1, 0.15) is 5.69 Å². The Kier molecular flexibility index (Phi) is 2.40. The second-order valence-corrected chi connectivity index (χ2v) is 3.11. The van der Waals surface area contributed by atoms with Crippen molar-refractivity contribution in [2.24, 2.45) is 0 Å². The second kappa shape index (κ2) is 3.70. The van der Waals surface area contributed by atoms with Gasteiger partial charge in [0, 0.05) is 6.54 Å². The van der Waals surface area contributed by atoms with E-state index in [4.69, 9.17) is 0 Å². The highest BCUT2D eigenvalue weighted by molar-refractivity contribution is 5.63. The fourth-order valence-corrected chi connectivity index (χ4v) is 1.44. The zero-order chi connectivity index (χ0) is 9.10. The molecule has 4 nitrogen and oxygen atoms in total. The van der Waals surface area contributed by atoms with E-state index in [-0.39, 0.29) is 0 Å². The van der Waals surface area contributed by atoms with Crippen molar-refractivity contribution in [1.29, 1.82) is 0 Å². The van der Waals surface area contributed by atoms with Crippen LogP contribution in [0, 0.1) is 0 Å². The molecule has 4 heteroatoms. The summed E-state index contributed by atoms with van der Waals surface area (Å²) in [4.78, 5) is 1.71. The predicted octanol–water partition coefficient (Wildman–Crippen LogP) is 0.675. The van der Waals surface area contributed by atoms with Crippen molar-refractivity contribution < 1.29 is 0 Å². The van der Waals surface area contributed by atoms with Crippen LogP contribution < -0.4 is 5.32 Å². The lowest BCUT2D eigenvalue weighted by Gasteiger charge is -2.11. The maximum atomic E-state index is 4.35. The van der Waals surface area contributed by atoms with E-state index in [1.54, 1.807) is 4.80 Å². The van der Waals surface area contributed by atoms with Gasteiger partial charge >= 0.3 is 0 Å². The van der Waals surface area contributed by atoms with Gasteiger partial charge < -0.3 is 5.32 Å². The number of rotatable bonds is 2. The Labute approximate surface area is 77.6 Å². The van der Waals surface area contributed by atoms with Crippen LogP contribution in [-0.4, -0.2) is 28.1 Å². The average molecular weight is 178 g/mol. The number of nitrogens with zero attached hydrogens (tertiary/aromatic N) is 3. The lowest BCUT2D eigenvalue weighted by Crippen LogP contribution is -2.21. The van der Waals surface area contributed by atoms with E-state index in [2.05, 4.69) is 21.6 Å². The van der Waals surface area contributed by atoms with Crippen LogP contribution in [0.5, 0.6) is 0 Å². The fraction of sp³-hybridized carbons (Fsp3) is 0.556. The van der Waals surface area contributed by atoms with E-state index in [1.807, 2.05) is 13.1 Å². The van der Waals surface area contributed by atoms with Gasteiger partial charge in [0.15, 0.2) is 0 Å². The maximum Gasteiger partial charge on any atom is 0.109 e. The number of hydrogen-bond donors (Lipinski definition) is 1. The first kappa shape index (κ1) is 8.44. The van der Waals surface area contributed by atoms with Crippen LogP contribution in [0.3, 0.4) is 0 Å². The topological polar surface area (TPSA) is 42.7 Å². The summed E-state index contributed by atoms with van der Waals surface area (Å²) in [7, 11) is 0. The summed E-state index contributed by atoms with van der Waals surface area (Å²) in [6.45, 7) is 4.87. The second-order valence-electron chi connectivity index (χ2n) is 3.11. The molecule has 0 aromatic carbocycles. The number of aryl methyl sites for hydroxylation is 1. The summed E-state index contributed by atoms with van der Waals surface area (Å²) in [6.07, 6.45) is 5.16. The molecule has 0 aliphatic carbocycles. The summed E-state index contributed by atoms with van der Waals surface area (Å²) in [5.74, 6) is 0. The molecule has 0 unspecified atom stereocenters. The Balaban J connectivity index is 2.19. The molecular weight excluding hydrogens is 164 g/mol. The SMILES string of the molecule is CCn1ncc(C2=CCCNC2)n1. The molecule has 0 radical (unpaired) electrons. The summed E-state index contributed by atoms with van der Waals surface area (Å²) in [5.41, 5.74) is 2.28. The molecule has 1 aliphatic heterocycles. The quantitative estimate of drug-likeness (QED) is 0.724. The summed E-state index contributed by atoms with van der Waals surface area (Å²) < 4.78 is 0. The van der Waals surface area contributed by atoms with Gasteiger partial charge in [0.25, 0.3) is 0 Å². The van der Waals surface area contributed by atoms with E-state index in [0.717, 1.165) is 31.7 Å². The van der Waals surface area contributed by atoms with Crippen molar-refractivity contribution in [3.05, 3.63) is 18.0 Å². The van der Waals surface area contributed by atoms with Crippen molar-refractivity contribution in [3.63, 3.8) is 0 Å². The number of nitrogens with one attached hydrogen (secondary N) is 1. The van der Waals surface area contributed by atoms with Gasteiger partial charge in [-0.05, 0) is 25.5 Å². The monoisotopic (exact) mass is 178 g/mol. The molecule has 1 aromatic heterocycles. The molecule has 13 heavy (non-hydrogen) atoms. The van der Waals surface area contributed by atoms with Gasteiger partial charge in [-0.25, -0.2) is 0 Å². The van der Waals surface area contributed by atoms with Crippen LogP contribution in [0.25, 0.3) is 5.57 Å². The highest BCUT2D eigenvalue weighted by atomic mass is 15.5. The minimum absolute atomic E-state index is 0.834. The van der Waals surface area contributed by atoms with Crippen molar-refractivity contribution in [2.75, 3.05) is 13.1 Å². The Morgan fingerprint density at radius 1 is 1.62 bits per heavy atom. The smallest absolute Gasteiger partial charge is 0.109 e. The average Bonchev–Trinajstić information content (AvgIpc) is 2.67. The molecular formula is C9H14N4. The molecule has 0 atom stereocenters. The lowest BCUT2D eigenvalue weighted by atomic mass is 10.1. The van der Waals surface area contributed by atoms with E-state index in [9.17, 15) is 0 Å². The molecule has 0 saturated heterocycles. The van der Waals surface area contributed by atoms with Gasteiger partial charge in [-0.2, -0.15) is 15.0 Å². The molecule has 0 fully saturated rings. The van der Waals surface area contributed by atoms with Crippen molar-refractivity contribution >= 4 is 5.57 Å². The minimum Gasteiger partial charge on any atom is -0.312 e. The molecule has 2 heterocycles. The summed E-state index contributed by atoms with van der Waals surface area (Å²) >= 11 is 0. The van der Waals surface area contributed by atoms with Crippen molar-refractivity contribution in [2.45, 2.75) is 19.9 Å². The molecule has 0 spiro atoms. The third-order valence-electron chi connectivity index (χ3n) is 2.18. The Hall–Kier alpha value is -1.16. The first-order valence-electron chi connectivity index (χ1n) is 4.70. The van der Waals surface area contributed by atoms with Crippen molar-refractivity contribution in [1.82, 2.24) is 20.3 Å². The Morgan fingerprint density at radius 2 is 2.54 bits per heavy atom. The minimum atomic E-state index is 0.834. The normalized spacial score (nSPS) is 17.2. The van der Waals surface area contributed by atoms with Crippen LogP contribution in [0.1, 0.15) is 19.0 Å². The van der Waals surface area contributed by atoms with E-state index < -0.39 is 0 Å². The van der Waals surface area contributed by atoms with Crippen LogP contribution in [0.4, 0.5) is 0 Å². The first-order valence-corrected chi connectivity index (χ1v) is 4.70. The van der Waals surface area contributed by atoms with Crippen LogP contribution in [-0.2, 0) is 6.54 Å². The molecule has 1 aliphatic rings. The number of aromatic nitrogens is 3. The van der Waals surface area contributed by atoms with Gasteiger partial charge in [-0.1, -0.05) is 6.08 Å². The standard InChI is InChI=1S/C9H14N4/c1-2-13-11-7-9(12-13)8-4-3-5-10-6-8/h4,7,10H,2-3,5-6H2,1H3. The fourth-order valence-electron chi connectivity index (χ4n) is 1.44. The first-order chi connectivity index (χ1) is 6.40. The molecule has 2 rings (SSSR count). The third-order valence-corrected chi connectivity index (χ3v) is 2.18. The molecule has 1 N–H and O–H groups in total. The largest absolute Gasteiger partial charge is 0.312 e. The zero-order valence-electron chi connectivity index (χ0n) is 7.82. The maximum absolute atomic E-state index is 4.35. The highest BCUT2D eigenvalue weighted by Crippen LogP contribution is 2.12. The Morgan fingerprint density at radius 3 is 3.15 bits per heavy atom. The number of hydrogen-bond acceptors (Lipinski definition) is 3. The zero-order valence-corrected chi connectivity index (χ0v) is 7.82. The molecule has 70 valence electrons. The molecule has 0 amide bonds. The predicted molar refractivity (Wildman–Crippen MR) is 51.2 cm³/mol. The summed E-state index contributed by atoms with van der Waals surface area (Å²) in [6, 6.07) is 0. The van der Waals surface area contributed by atoms with Crippen LogP contribution in [0.2, 0.25) is 0 Å². The summed E-state index contributed by atoms with van der Waals surface area (Å²) in [5, 5.41) is 11.8. The van der Waals surface area contributed by atoms with Gasteiger partial charge in [-0.15, -0.1) is 0 Å². The van der Waals surface area contributed by atoms with Crippen LogP contribution >= 0.6 is 0 Å². The molecule has 1 aromatic rings. The highest BCUT2D eigenvalue weighted by Gasteiger charge is 2.08. The van der Waals surface area contributed by atoms with Gasteiger partial charge in [0.05, 0.1) is 12.7 Å². The van der Waals surface area contributed by atoms with Crippen molar-refractivity contribution in [3.8, 4) is 0 Å². The van der Waals surface area contributed by atoms with Gasteiger partial charge in [0.2, 0.25) is 0 Å². The van der Waals surface area contributed by atoms with E-state index in [1.165, 1.54) is 5.57 Å². The van der Waals surface area contributed by atoms with E-state index in [0.29, 0.717) is 0 Å². The third kappa shape index (κ3) is 1.78. The Bertz CT molecular complexity index is 313. The lowest BCUT2D eigenvalue weighted by molar-refractivity contribution is 0.567. The molecule has 0 bridgehead atoms. The molecule has 0 saturated carbocycles. The van der Waals surface area contributed by atoms with Gasteiger partial charge in [-0.3, -0.25) is 0 Å². The van der Waals surface area contributed by atoms with E-state index >= 15 is 0 Å². The van der Waals surface area contributed by atoms with Crippen LogP contribution in [0.15, 0.2) is 12.3 Å².